The van der Waals surface area contributed by atoms with Gasteiger partial charge in [-0.2, -0.15) is 4.31 Å². The molecule has 0 spiro atoms. The van der Waals surface area contributed by atoms with Gasteiger partial charge in [-0.25, -0.2) is 12.8 Å². The summed E-state index contributed by atoms with van der Waals surface area (Å²) in [5.41, 5.74) is 1.18. The molecule has 7 nitrogen and oxygen atoms in total. The van der Waals surface area contributed by atoms with Gasteiger partial charge in [-0.1, -0.05) is 18.6 Å². The summed E-state index contributed by atoms with van der Waals surface area (Å²) < 4.78 is 40.6. The van der Waals surface area contributed by atoms with E-state index in [2.05, 4.69) is 0 Å². The van der Waals surface area contributed by atoms with Crippen LogP contribution in [0.15, 0.2) is 53.4 Å². The van der Waals surface area contributed by atoms with Crippen LogP contribution in [0.2, 0.25) is 0 Å². The molecule has 1 unspecified atom stereocenters. The van der Waals surface area contributed by atoms with E-state index in [9.17, 15) is 22.4 Å². The zero-order valence-electron chi connectivity index (χ0n) is 19.3. The number of amides is 2. The van der Waals surface area contributed by atoms with Gasteiger partial charge in [-0.3, -0.25) is 9.59 Å². The van der Waals surface area contributed by atoms with Crippen molar-refractivity contribution in [1.82, 2.24) is 14.1 Å². The molecule has 1 atom stereocenters. The number of carbonyl (C=O) groups is 2. The number of benzene rings is 2. The largest absolute Gasteiger partial charge is 0.339 e. The second kappa shape index (κ2) is 10.2. The van der Waals surface area contributed by atoms with Crippen molar-refractivity contribution in [2.24, 2.45) is 0 Å². The van der Waals surface area contributed by atoms with E-state index in [0.29, 0.717) is 38.3 Å². The lowest BCUT2D eigenvalue weighted by atomic mass is 10.1. The molecule has 2 aliphatic heterocycles. The second-order valence-electron chi connectivity index (χ2n) is 8.96. The zero-order chi connectivity index (χ0) is 24.3. The maximum Gasteiger partial charge on any atom is 0.253 e. The Morgan fingerprint density at radius 1 is 0.882 bits per heavy atom. The summed E-state index contributed by atoms with van der Waals surface area (Å²) in [5.74, 6) is -0.573. The number of hydrogen-bond donors (Lipinski definition) is 0. The minimum Gasteiger partial charge on any atom is -0.339 e. The summed E-state index contributed by atoms with van der Waals surface area (Å²) in [7, 11) is -3.58. The van der Waals surface area contributed by atoms with Gasteiger partial charge in [0.15, 0.2) is 0 Å². The normalized spacial score (nSPS) is 19.8. The highest BCUT2D eigenvalue weighted by molar-refractivity contribution is 7.89. The van der Waals surface area contributed by atoms with Gasteiger partial charge in [0.25, 0.3) is 5.91 Å². The van der Waals surface area contributed by atoms with Gasteiger partial charge in [0, 0.05) is 44.3 Å². The number of carbonyl (C=O) groups excluding carboxylic acids is 2. The lowest BCUT2D eigenvalue weighted by molar-refractivity contribution is -0.131. The van der Waals surface area contributed by atoms with Crippen LogP contribution in [0.5, 0.6) is 0 Å². The Hall–Kier alpha value is -2.78. The average molecular weight is 488 g/mol. The fourth-order valence-electron chi connectivity index (χ4n) is 4.56. The second-order valence-corrected chi connectivity index (χ2v) is 10.9. The van der Waals surface area contributed by atoms with Gasteiger partial charge in [-0.15, -0.1) is 0 Å². The third kappa shape index (κ3) is 5.31. The summed E-state index contributed by atoms with van der Waals surface area (Å²) in [5, 5.41) is 0. The molecule has 0 saturated carbocycles. The van der Waals surface area contributed by atoms with Crippen LogP contribution in [0.4, 0.5) is 4.39 Å². The number of nitrogens with zero attached hydrogens (tertiary/aromatic N) is 3. The summed E-state index contributed by atoms with van der Waals surface area (Å²) in [6.45, 7) is 4.10. The van der Waals surface area contributed by atoms with E-state index in [1.165, 1.54) is 24.3 Å². The predicted molar refractivity (Wildman–Crippen MR) is 126 cm³/mol. The van der Waals surface area contributed by atoms with E-state index in [-0.39, 0.29) is 35.0 Å². The third-order valence-corrected chi connectivity index (χ3v) is 8.67. The highest BCUT2D eigenvalue weighted by atomic mass is 32.2. The van der Waals surface area contributed by atoms with Crippen molar-refractivity contribution in [3.63, 3.8) is 0 Å². The smallest absolute Gasteiger partial charge is 0.253 e. The Morgan fingerprint density at radius 2 is 1.50 bits per heavy atom. The Kier molecular flexibility index (Phi) is 7.33. The van der Waals surface area contributed by atoms with Crippen LogP contribution >= 0.6 is 0 Å². The quantitative estimate of drug-likeness (QED) is 0.650. The zero-order valence-corrected chi connectivity index (χ0v) is 20.1. The predicted octanol–water partition coefficient (Wildman–Crippen LogP) is 2.92. The topological polar surface area (TPSA) is 78.0 Å². The van der Waals surface area contributed by atoms with Crippen LogP contribution in [0.3, 0.4) is 0 Å². The van der Waals surface area contributed by atoms with Gasteiger partial charge in [0.1, 0.15) is 5.82 Å². The molecule has 9 heteroatoms. The first-order chi connectivity index (χ1) is 16.3. The highest BCUT2D eigenvalue weighted by Gasteiger charge is 2.31. The number of sulfonamides is 1. The first kappa shape index (κ1) is 24.3. The lowest BCUT2D eigenvalue weighted by Gasteiger charge is -2.35. The van der Waals surface area contributed by atoms with E-state index in [0.717, 1.165) is 24.8 Å². The van der Waals surface area contributed by atoms with Gasteiger partial charge in [0.2, 0.25) is 15.9 Å². The van der Waals surface area contributed by atoms with Gasteiger partial charge >= 0.3 is 0 Å². The highest BCUT2D eigenvalue weighted by Crippen LogP contribution is 2.25. The summed E-state index contributed by atoms with van der Waals surface area (Å²) in [4.78, 5) is 29.1. The Morgan fingerprint density at radius 3 is 2.12 bits per heavy atom. The molecule has 4 rings (SSSR count). The van der Waals surface area contributed by atoms with Crippen LogP contribution in [0.1, 0.15) is 42.1 Å². The van der Waals surface area contributed by atoms with E-state index in [1.807, 2.05) is 6.92 Å². The summed E-state index contributed by atoms with van der Waals surface area (Å²) >= 11 is 0. The molecule has 0 aromatic heterocycles. The molecule has 0 N–H and O–H groups in total. The number of piperazine rings is 1. The maximum absolute atomic E-state index is 13.1. The van der Waals surface area contributed by atoms with Crippen LogP contribution in [0, 0.1) is 5.82 Å². The van der Waals surface area contributed by atoms with Crippen molar-refractivity contribution >= 4 is 21.8 Å². The molecule has 0 bridgehead atoms. The molecule has 2 amide bonds. The molecule has 2 heterocycles. The van der Waals surface area contributed by atoms with Gasteiger partial charge in [0.05, 0.1) is 11.3 Å². The van der Waals surface area contributed by atoms with Crippen molar-refractivity contribution in [1.29, 1.82) is 0 Å². The SMILES string of the molecule is CC1CCCCN1S(=O)(=O)c1ccc(C(=O)N2CCN(C(=O)Cc3ccc(F)cc3)CC2)cc1. The van der Waals surface area contributed by atoms with E-state index >= 15 is 0 Å². The van der Waals surface area contributed by atoms with E-state index in [4.69, 9.17) is 0 Å². The minimum atomic E-state index is -3.58. The molecule has 0 radical (unpaired) electrons. The molecule has 2 aromatic carbocycles. The van der Waals surface area contributed by atoms with Crippen molar-refractivity contribution in [3.8, 4) is 0 Å². The fraction of sp³-hybridized carbons (Fsp3) is 0.440. The summed E-state index contributed by atoms with van der Waals surface area (Å²) in [6.07, 6.45) is 2.94. The molecular formula is C25H30FN3O4S. The van der Waals surface area contributed by atoms with Gasteiger partial charge < -0.3 is 9.80 Å². The van der Waals surface area contributed by atoms with Crippen molar-refractivity contribution in [2.75, 3.05) is 32.7 Å². The molecule has 0 aliphatic carbocycles. The Bertz CT molecular complexity index is 1130. The molecular weight excluding hydrogens is 457 g/mol. The molecule has 2 aliphatic rings. The van der Waals surface area contributed by atoms with Crippen LogP contribution < -0.4 is 0 Å². The first-order valence-corrected chi connectivity index (χ1v) is 13.1. The summed E-state index contributed by atoms with van der Waals surface area (Å²) in [6, 6.07) is 12.0. The Balaban J connectivity index is 1.34. The number of rotatable bonds is 5. The molecule has 2 aromatic rings. The van der Waals surface area contributed by atoms with Crippen LogP contribution in [-0.4, -0.2) is 73.1 Å². The average Bonchev–Trinajstić information content (AvgIpc) is 2.85. The third-order valence-electron chi connectivity index (χ3n) is 6.64. The number of halogens is 1. The Labute approximate surface area is 200 Å². The lowest BCUT2D eigenvalue weighted by Crippen LogP contribution is -2.51. The first-order valence-electron chi connectivity index (χ1n) is 11.7. The molecule has 34 heavy (non-hydrogen) atoms. The van der Waals surface area contributed by atoms with E-state index < -0.39 is 10.0 Å². The van der Waals surface area contributed by atoms with Crippen molar-refractivity contribution in [3.05, 3.63) is 65.5 Å². The van der Waals surface area contributed by atoms with Gasteiger partial charge in [-0.05, 0) is 61.7 Å². The maximum atomic E-state index is 13.1. The van der Waals surface area contributed by atoms with Crippen LogP contribution in [-0.2, 0) is 21.2 Å². The van der Waals surface area contributed by atoms with Crippen molar-refractivity contribution in [2.45, 2.75) is 43.5 Å². The number of piperidine rings is 1. The molecule has 2 fully saturated rings. The fourth-order valence-corrected chi connectivity index (χ4v) is 6.26. The van der Waals surface area contributed by atoms with Crippen LogP contribution in [0.25, 0.3) is 0 Å². The minimum absolute atomic E-state index is 0.0258. The van der Waals surface area contributed by atoms with E-state index in [1.54, 1.807) is 38.4 Å². The number of hydrogen-bond acceptors (Lipinski definition) is 4. The molecule has 182 valence electrons. The van der Waals surface area contributed by atoms with Crippen molar-refractivity contribution < 1.29 is 22.4 Å². The monoisotopic (exact) mass is 487 g/mol. The molecule has 2 saturated heterocycles. The standard InChI is InChI=1S/C25H30FN3O4S/c1-19-4-2-3-13-29(19)34(32,33)23-11-7-21(8-12-23)25(31)28-16-14-27(15-17-28)24(30)18-20-5-9-22(26)10-6-20/h5-12,19H,2-4,13-18H2,1H3.